The van der Waals surface area contributed by atoms with E-state index in [0.29, 0.717) is 6.61 Å². The van der Waals surface area contributed by atoms with Crippen molar-refractivity contribution in [2.45, 2.75) is 38.5 Å². The molecule has 3 unspecified atom stereocenters. The van der Waals surface area contributed by atoms with E-state index in [1.807, 2.05) is 13.8 Å². The second kappa shape index (κ2) is 4.47. The Kier molecular flexibility index (Phi) is 3.70. The van der Waals surface area contributed by atoms with Crippen LogP contribution < -0.4 is 5.32 Å². The van der Waals surface area contributed by atoms with Gasteiger partial charge in [-0.25, -0.2) is 0 Å². The molecule has 5 heteroatoms. The number of carboxylic acid groups (broad SMARTS) is 1. The minimum Gasteiger partial charge on any atom is -0.480 e. The summed E-state index contributed by atoms with van der Waals surface area (Å²) in [6.07, 6.45) is -0.371. The van der Waals surface area contributed by atoms with Gasteiger partial charge in [0.15, 0.2) is 0 Å². The van der Waals surface area contributed by atoms with Gasteiger partial charge in [0.1, 0.15) is 6.04 Å². The lowest BCUT2D eigenvalue weighted by atomic mass is 9.83. The van der Waals surface area contributed by atoms with Crippen LogP contribution in [0.1, 0.15) is 20.3 Å². The van der Waals surface area contributed by atoms with Crippen LogP contribution in [0.3, 0.4) is 0 Å². The van der Waals surface area contributed by atoms with E-state index in [9.17, 15) is 9.90 Å². The average Bonchev–Trinajstić information content (AvgIpc) is 2.47. The molecule has 0 aliphatic carbocycles. The lowest BCUT2D eigenvalue weighted by molar-refractivity contribution is -0.139. The fraction of sp³-hybridized carbons (Fsp3) is 0.900. The van der Waals surface area contributed by atoms with E-state index in [-0.39, 0.29) is 17.9 Å². The van der Waals surface area contributed by atoms with E-state index in [1.165, 1.54) is 0 Å². The summed E-state index contributed by atoms with van der Waals surface area (Å²) >= 11 is 0. The van der Waals surface area contributed by atoms with Crippen molar-refractivity contribution in [1.29, 1.82) is 0 Å². The molecule has 3 atom stereocenters. The summed E-state index contributed by atoms with van der Waals surface area (Å²) in [5, 5.41) is 21.6. The Hall–Kier alpha value is -0.650. The maximum absolute atomic E-state index is 10.8. The number of hydrogen-bond donors (Lipinski definition) is 3. The number of aliphatic carboxylic acids is 1. The molecule has 1 saturated heterocycles. The summed E-state index contributed by atoms with van der Waals surface area (Å²) < 4.78 is 5.06. The van der Waals surface area contributed by atoms with Crippen LogP contribution in [0.4, 0.5) is 0 Å². The lowest BCUT2D eigenvalue weighted by Gasteiger charge is -2.33. The quantitative estimate of drug-likeness (QED) is 0.609. The third-order valence-corrected chi connectivity index (χ3v) is 2.90. The van der Waals surface area contributed by atoms with Gasteiger partial charge in [-0.05, 0) is 0 Å². The van der Waals surface area contributed by atoms with Crippen LogP contribution >= 0.6 is 0 Å². The number of aliphatic hydroxyl groups excluding tert-OH is 1. The van der Waals surface area contributed by atoms with E-state index < -0.39 is 18.1 Å². The number of hydrogen-bond acceptors (Lipinski definition) is 4. The highest BCUT2D eigenvalue weighted by molar-refractivity contribution is 5.74. The summed E-state index contributed by atoms with van der Waals surface area (Å²) in [4.78, 5) is 10.8. The van der Waals surface area contributed by atoms with Crippen LogP contribution in [0.15, 0.2) is 0 Å². The number of methoxy groups -OCH3 is 1. The molecule has 0 saturated carbocycles. The van der Waals surface area contributed by atoms with Crippen molar-refractivity contribution in [3.63, 3.8) is 0 Å². The molecule has 3 N–H and O–H groups in total. The minimum atomic E-state index is -0.912. The zero-order valence-corrected chi connectivity index (χ0v) is 9.36. The van der Waals surface area contributed by atoms with Gasteiger partial charge in [-0.1, -0.05) is 13.8 Å². The molecule has 0 radical (unpaired) electrons. The van der Waals surface area contributed by atoms with Gasteiger partial charge in [0.05, 0.1) is 12.7 Å². The van der Waals surface area contributed by atoms with E-state index in [1.54, 1.807) is 7.11 Å². The highest BCUT2D eigenvalue weighted by Crippen LogP contribution is 2.29. The fourth-order valence-electron chi connectivity index (χ4n) is 2.15. The van der Waals surface area contributed by atoms with Crippen molar-refractivity contribution < 1.29 is 19.7 Å². The van der Waals surface area contributed by atoms with E-state index >= 15 is 0 Å². The maximum Gasteiger partial charge on any atom is 0.320 e. The van der Waals surface area contributed by atoms with Gasteiger partial charge in [-0.3, -0.25) is 10.1 Å². The molecule has 1 aliphatic rings. The van der Waals surface area contributed by atoms with Gasteiger partial charge in [0.25, 0.3) is 0 Å². The SMILES string of the molecule is COCC(C)(C)C1NC(C(=O)O)CC1O. The Balaban J connectivity index is 2.68. The Labute approximate surface area is 89.4 Å². The predicted octanol–water partition coefficient (Wildman–Crippen LogP) is -0.165. The summed E-state index contributed by atoms with van der Waals surface area (Å²) in [6.45, 7) is 4.37. The smallest absolute Gasteiger partial charge is 0.320 e. The Morgan fingerprint density at radius 2 is 2.20 bits per heavy atom. The van der Waals surface area contributed by atoms with Gasteiger partial charge in [0, 0.05) is 25.0 Å². The largest absolute Gasteiger partial charge is 0.480 e. The van der Waals surface area contributed by atoms with Crippen molar-refractivity contribution in [2.24, 2.45) is 5.41 Å². The molecule has 0 amide bonds. The molecule has 0 aromatic carbocycles. The fourth-order valence-corrected chi connectivity index (χ4v) is 2.15. The third-order valence-electron chi connectivity index (χ3n) is 2.90. The molecule has 1 heterocycles. The zero-order valence-electron chi connectivity index (χ0n) is 9.36. The summed E-state index contributed by atoms with van der Waals surface area (Å²) in [5.41, 5.74) is -0.279. The second-order valence-corrected chi connectivity index (χ2v) is 4.76. The number of aliphatic hydroxyl groups is 1. The van der Waals surface area contributed by atoms with Crippen LogP contribution in [-0.4, -0.2) is 48.1 Å². The average molecular weight is 217 g/mol. The Morgan fingerprint density at radius 1 is 1.60 bits per heavy atom. The summed E-state index contributed by atoms with van der Waals surface area (Å²) in [6, 6.07) is -0.889. The number of rotatable bonds is 4. The van der Waals surface area contributed by atoms with Crippen molar-refractivity contribution in [3.8, 4) is 0 Å². The standard InChI is InChI=1S/C10H19NO4/c1-10(2,5-15-3)8-7(12)4-6(11-8)9(13)14/h6-8,11-12H,4-5H2,1-3H3,(H,13,14). The topological polar surface area (TPSA) is 78.8 Å². The molecule has 5 nitrogen and oxygen atoms in total. The number of ether oxygens (including phenoxy) is 1. The normalized spacial score (nSPS) is 31.9. The highest BCUT2D eigenvalue weighted by atomic mass is 16.5. The monoisotopic (exact) mass is 217 g/mol. The van der Waals surface area contributed by atoms with Gasteiger partial charge in [-0.2, -0.15) is 0 Å². The zero-order chi connectivity index (χ0) is 11.6. The van der Waals surface area contributed by atoms with Gasteiger partial charge >= 0.3 is 5.97 Å². The molecule has 1 rings (SSSR count). The van der Waals surface area contributed by atoms with Crippen LogP contribution in [0, 0.1) is 5.41 Å². The van der Waals surface area contributed by atoms with Crippen molar-refractivity contribution in [2.75, 3.05) is 13.7 Å². The minimum absolute atomic E-state index is 0.237. The van der Waals surface area contributed by atoms with Crippen LogP contribution in [0.5, 0.6) is 0 Å². The molecular formula is C10H19NO4. The first kappa shape index (κ1) is 12.4. The lowest BCUT2D eigenvalue weighted by Crippen LogP contribution is -2.48. The number of carboxylic acids is 1. The van der Waals surface area contributed by atoms with Crippen LogP contribution in [-0.2, 0) is 9.53 Å². The molecule has 0 spiro atoms. The third kappa shape index (κ3) is 2.68. The van der Waals surface area contributed by atoms with Gasteiger partial charge in [-0.15, -0.1) is 0 Å². The predicted molar refractivity (Wildman–Crippen MR) is 54.6 cm³/mol. The summed E-state index contributed by atoms with van der Waals surface area (Å²) in [7, 11) is 1.60. The molecular weight excluding hydrogens is 198 g/mol. The Bertz CT molecular complexity index is 242. The number of carbonyl (C=O) groups is 1. The van der Waals surface area contributed by atoms with E-state index in [2.05, 4.69) is 5.32 Å². The first-order chi connectivity index (χ1) is 6.88. The van der Waals surface area contributed by atoms with Crippen molar-refractivity contribution >= 4 is 5.97 Å². The van der Waals surface area contributed by atoms with Crippen LogP contribution in [0.25, 0.3) is 0 Å². The number of nitrogens with one attached hydrogen (secondary N) is 1. The highest BCUT2D eigenvalue weighted by Gasteiger charge is 2.44. The molecule has 1 fully saturated rings. The van der Waals surface area contributed by atoms with Gasteiger partial charge in [0.2, 0.25) is 0 Å². The molecule has 0 aromatic rings. The van der Waals surface area contributed by atoms with E-state index in [0.717, 1.165) is 0 Å². The van der Waals surface area contributed by atoms with Gasteiger partial charge < -0.3 is 14.9 Å². The first-order valence-corrected chi connectivity index (χ1v) is 5.04. The molecule has 1 aliphatic heterocycles. The second-order valence-electron chi connectivity index (χ2n) is 4.76. The summed E-state index contributed by atoms with van der Waals surface area (Å²) in [5.74, 6) is -0.912. The first-order valence-electron chi connectivity index (χ1n) is 5.04. The Morgan fingerprint density at radius 3 is 2.60 bits per heavy atom. The molecule has 15 heavy (non-hydrogen) atoms. The molecule has 88 valence electrons. The van der Waals surface area contributed by atoms with Crippen molar-refractivity contribution in [1.82, 2.24) is 5.32 Å². The van der Waals surface area contributed by atoms with Crippen LogP contribution in [0.2, 0.25) is 0 Å². The molecule has 0 aromatic heterocycles. The maximum atomic E-state index is 10.8. The van der Waals surface area contributed by atoms with E-state index in [4.69, 9.17) is 9.84 Å². The van der Waals surface area contributed by atoms with Crippen molar-refractivity contribution in [3.05, 3.63) is 0 Å². The molecule has 0 bridgehead atoms.